The van der Waals surface area contributed by atoms with Gasteiger partial charge in [0.25, 0.3) is 0 Å². The van der Waals surface area contributed by atoms with E-state index in [2.05, 4.69) is 5.10 Å². The Balaban J connectivity index is 2.39. The Kier molecular flexibility index (Phi) is 3.06. The van der Waals surface area contributed by atoms with E-state index in [1.54, 1.807) is 30.3 Å². The molecule has 1 heterocycles. The first-order valence-electron chi connectivity index (χ1n) is 6.23. The minimum Gasteiger partial charge on any atom is -0.496 e. The molecule has 0 spiro atoms. The zero-order valence-electron chi connectivity index (χ0n) is 11.2. The van der Waals surface area contributed by atoms with Crippen molar-refractivity contribution in [1.29, 1.82) is 0 Å². The quantitative estimate of drug-likeness (QED) is 0.787. The van der Waals surface area contributed by atoms with Crippen LogP contribution in [0.3, 0.4) is 0 Å². The maximum absolute atomic E-state index is 13.4. The number of nitrogens with zero attached hydrogens (tertiary/aromatic N) is 2. The molecule has 106 valence electrons. The average Bonchev–Trinajstić information content (AvgIpc) is 2.87. The molecule has 0 atom stereocenters. The van der Waals surface area contributed by atoms with Gasteiger partial charge in [-0.2, -0.15) is 9.78 Å². The molecular weight excluding hydrogens is 273 g/mol. The van der Waals surface area contributed by atoms with Gasteiger partial charge in [-0.25, -0.2) is 9.18 Å². The van der Waals surface area contributed by atoms with Crippen LogP contribution in [0.1, 0.15) is 0 Å². The highest BCUT2D eigenvalue weighted by Crippen LogP contribution is 2.34. The third-order valence-electron chi connectivity index (χ3n) is 3.20. The number of fused-ring (bicyclic) bond motifs is 1. The van der Waals surface area contributed by atoms with E-state index in [0.717, 1.165) is 4.68 Å². The van der Waals surface area contributed by atoms with Crippen LogP contribution in [0.2, 0.25) is 0 Å². The number of hydrogen-bond donors (Lipinski definition) is 1. The SMILES string of the molecule is COc1cccc2c1c(-c1cccc(F)c1)nn2C(N)=O. The van der Waals surface area contributed by atoms with Crippen molar-refractivity contribution in [3.05, 3.63) is 48.3 Å². The highest BCUT2D eigenvalue weighted by molar-refractivity contribution is 6.01. The first kappa shape index (κ1) is 13.1. The fourth-order valence-corrected chi connectivity index (χ4v) is 2.31. The molecule has 1 amide bonds. The minimum absolute atomic E-state index is 0.385. The van der Waals surface area contributed by atoms with E-state index < -0.39 is 6.03 Å². The van der Waals surface area contributed by atoms with Gasteiger partial charge in [0.15, 0.2) is 0 Å². The van der Waals surface area contributed by atoms with Gasteiger partial charge in [0.1, 0.15) is 17.3 Å². The first-order valence-corrected chi connectivity index (χ1v) is 6.23. The maximum Gasteiger partial charge on any atom is 0.340 e. The number of aromatic nitrogens is 2. The number of halogens is 1. The molecule has 1 aromatic heterocycles. The molecule has 0 bridgehead atoms. The highest BCUT2D eigenvalue weighted by atomic mass is 19.1. The van der Waals surface area contributed by atoms with E-state index in [1.807, 2.05) is 0 Å². The molecule has 0 aliphatic carbocycles. The van der Waals surface area contributed by atoms with E-state index in [4.69, 9.17) is 10.5 Å². The smallest absolute Gasteiger partial charge is 0.340 e. The van der Waals surface area contributed by atoms with Gasteiger partial charge in [-0.3, -0.25) is 0 Å². The van der Waals surface area contributed by atoms with Crippen molar-refractivity contribution in [3.8, 4) is 17.0 Å². The highest BCUT2D eigenvalue weighted by Gasteiger charge is 2.18. The molecule has 5 nitrogen and oxygen atoms in total. The number of benzene rings is 2. The van der Waals surface area contributed by atoms with Crippen molar-refractivity contribution in [2.24, 2.45) is 5.73 Å². The molecule has 0 fully saturated rings. The summed E-state index contributed by atoms with van der Waals surface area (Å²) in [6.07, 6.45) is 0. The number of carbonyl (C=O) groups excluding carboxylic acids is 1. The predicted molar refractivity (Wildman–Crippen MR) is 76.7 cm³/mol. The van der Waals surface area contributed by atoms with Crippen LogP contribution < -0.4 is 10.5 Å². The van der Waals surface area contributed by atoms with Gasteiger partial charge in [-0.15, -0.1) is 0 Å². The molecular formula is C15H12FN3O2. The summed E-state index contributed by atoms with van der Waals surface area (Å²) in [4.78, 5) is 11.5. The molecule has 3 rings (SSSR count). The van der Waals surface area contributed by atoms with Crippen molar-refractivity contribution >= 4 is 16.9 Å². The van der Waals surface area contributed by atoms with Gasteiger partial charge in [0.05, 0.1) is 18.0 Å². The van der Waals surface area contributed by atoms with Gasteiger partial charge in [-0.1, -0.05) is 18.2 Å². The molecule has 0 saturated heterocycles. The van der Waals surface area contributed by atoms with Crippen molar-refractivity contribution in [1.82, 2.24) is 9.78 Å². The van der Waals surface area contributed by atoms with Gasteiger partial charge in [0.2, 0.25) is 0 Å². The van der Waals surface area contributed by atoms with Crippen LogP contribution in [0.5, 0.6) is 5.75 Å². The zero-order chi connectivity index (χ0) is 15.0. The summed E-state index contributed by atoms with van der Waals surface area (Å²) in [6, 6.07) is 10.5. The Hall–Kier alpha value is -2.89. The van der Waals surface area contributed by atoms with Crippen LogP contribution in [0.15, 0.2) is 42.5 Å². The minimum atomic E-state index is -0.712. The lowest BCUT2D eigenvalue weighted by Crippen LogP contribution is -2.20. The number of amides is 1. The van der Waals surface area contributed by atoms with E-state index in [0.29, 0.717) is 27.9 Å². The van der Waals surface area contributed by atoms with Crippen molar-refractivity contribution in [2.75, 3.05) is 7.11 Å². The van der Waals surface area contributed by atoms with Gasteiger partial charge in [0, 0.05) is 5.56 Å². The zero-order valence-corrected chi connectivity index (χ0v) is 11.2. The average molecular weight is 285 g/mol. The Labute approximate surface area is 119 Å². The summed E-state index contributed by atoms with van der Waals surface area (Å²) in [7, 11) is 1.52. The molecule has 6 heteroatoms. The van der Waals surface area contributed by atoms with Crippen molar-refractivity contribution < 1.29 is 13.9 Å². The summed E-state index contributed by atoms with van der Waals surface area (Å²) < 4.78 is 19.8. The second kappa shape index (κ2) is 4.90. The number of ether oxygens (including phenoxy) is 1. The normalized spacial score (nSPS) is 10.8. The second-order valence-electron chi connectivity index (χ2n) is 4.46. The van der Waals surface area contributed by atoms with Crippen LogP contribution in [0.25, 0.3) is 22.2 Å². The van der Waals surface area contributed by atoms with E-state index in [9.17, 15) is 9.18 Å². The summed E-state index contributed by atoms with van der Waals surface area (Å²) in [5.74, 6) is 0.156. The van der Waals surface area contributed by atoms with Crippen molar-refractivity contribution in [3.63, 3.8) is 0 Å². The molecule has 0 aliphatic heterocycles. The number of methoxy groups -OCH3 is 1. The number of rotatable bonds is 2. The lowest BCUT2D eigenvalue weighted by atomic mass is 10.1. The molecule has 0 radical (unpaired) electrons. The van der Waals surface area contributed by atoms with Crippen LogP contribution in [-0.4, -0.2) is 22.9 Å². The number of hydrogen-bond acceptors (Lipinski definition) is 3. The van der Waals surface area contributed by atoms with Crippen LogP contribution in [0, 0.1) is 5.82 Å². The largest absolute Gasteiger partial charge is 0.496 e. The van der Waals surface area contributed by atoms with Gasteiger partial charge >= 0.3 is 6.03 Å². The molecule has 21 heavy (non-hydrogen) atoms. The first-order chi connectivity index (χ1) is 10.1. The Morgan fingerprint density at radius 2 is 2.05 bits per heavy atom. The standard InChI is InChI=1S/C15H12FN3O2/c1-21-12-7-3-6-11-13(12)14(18-19(11)15(17)20)9-4-2-5-10(16)8-9/h2-8H,1H3,(H2,17,20). The van der Waals surface area contributed by atoms with E-state index in [-0.39, 0.29) is 5.82 Å². The van der Waals surface area contributed by atoms with E-state index >= 15 is 0 Å². The Morgan fingerprint density at radius 3 is 2.71 bits per heavy atom. The molecule has 0 saturated carbocycles. The van der Waals surface area contributed by atoms with Crippen molar-refractivity contribution in [2.45, 2.75) is 0 Å². The monoisotopic (exact) mass is 285 g/mol. The molecule has 3 aromatic rings. The third kappa shape index (κ3) is 2.10. The van der Waals surface area contributed by atoms with Gasteiger partial charge < -0.3 is 10.5 Å². The number of carbonyl (C=O) groups is 1. The lowest BCUT2D eigenvalue weighted by Gasteiger charge is -2.03. The van der Waals surface area contributed by atoms with Crippen LogP contribution in [-0.2, 0) is 0 Å². The predicted octanol–water partition coefficient (Wildman–Crippen LogP) is 2.78. The summed E-state index contributed by atoms with van der Waals surface area (Å²) >= 11 is 0. The van der Waals surface area contributed by atoms with Crippen LogP contribution >= 0.6 is 0 Å². The second-order valence-corrected chi connectivity index (χ2v) is 4.46. The molecule has 2 N–H and O–H groups in total. The Bertz CT molecular complexity index is 842. The molecule has 0 unspecified atom stereocenters. The third-order valence-corrected chi connectivity index (χ3v) is 3.20. The van der Waals surface area contributed by atoms with Crippen LogP contribution in [0.4, 0.5) is 9.18 Å². The maximum atomic E-state index is 13.4. The summed E-state index contributed by atoms with van der Waals surface area (Å²) in [6.45, 7) is 0. The summed E-state index contributed by atoms with van der Waals surface area (Å²) in [5.41, 5.74) is 6.85. The summed E-state index contributed by atoms with van der Waals surface area (Å²) in [5, 5.41) is 4.82. The topological polar surface area (TPSA) is 70.1 Å². The lowest BCUT2D eigenvalue weighted by molar-refractivity contribution is 0.248. The molecule has 0 aliphatic rings. The van der Waals surface area contributed by atoms with E-state index in [1.165, 1.54) is 19.2 Å². The Morgan fingerprint density at radius 1 is 1.29 bits per heavy atom. The number of nitrogens with two attached hydrogens (primary N) is 1. The fraction of sp³-hybridized carbons (Fsp3) is 0.0667. The fourth-order valence-electron chi connectivity index (χ4n) is 2.31. The number of primary amides is 1. The molecule has 2 aromatic carbocycles. The van der Waals surface area contributed by atoms with Gasteiger partial charge in [-0.05, 0) is 24.3 Å².